The Balaban J connectivity index is 1.97. The van der Waals surface area contributed by atoms with Gasteiger partial charge in [-0.3, -0.25) is 24.0 Å². The fourth-order valence-corrected chi connectivity index (χ4v) is 8.82. The maximum absolute atomic E-state index is 14.6. The van der Waals surface area contributed by atoms with Crippen molar-refractivity contribution in [2.45, 2.75) is 98.6 Å². The van der Waals surface area contributed by atoms with Crippen molar-refractivity contribution < 1.29 is 42.9 Å². The summed E-state index contributed by atoms with van der Waals surface area (Å²) in [5, 5.41) is 0. The number of hydrogen-bond acceptors (Lipinski definition) is 9. The van der Waals surface area contributed by atoms with Gasteiger partial charge in [-0.15, -0.1) is 0 Å². The molecule has 0 heterocycles. The first kappa shape index (κ1) is 27.3. The van der Waals surface area contributed by atoms with E-state index < -0.39 is 76.4 Å². The van der Waals surface area contributed by atoms with Crippen LogP contribution >= 0.6 is 0 Å². The van der Waals surface area contributed by atoms with Crippen molar-refractivity contribution in [3.63, 3.8) is 0 Å². The lowest BCUT2D eigenvalue weighted by molar-refractivity contribution is -0.255. The van der Waals surface area contributed by atoms with E-state index in [2.05, 4.69) is 6.58 Å². The van der Waals surface area contributed by atoms with Crippen LogP contribution in [0.15, 0.2) is 12.2 Å². The normalized spacial score (nSPS) is 41.6. The van der Waals surface area contributed by atoms with Crippen LogP contribution in [0.2, 0.25) is 0 Å². The molecule has 4 aliphatic rings. The Bertz CT molecular complexity index is 1060. The van der Waals surface area contributed by atoms with Crippen molar-refractivity contribution in [2.75, 3.05) is 0 Å². The molecule has 204 valence electrons. The lowest BCUT2D eigenvalue weighted by Gasteiger charge is -2.66. The van der Waals surface area contributed by atoms with E-state index in [0.29, 0.717) is 31.3 Å². The number of esters is 4. The molecule has 9 heteroatoms. The number of ether oxygens (including phenoxy) is 4. The number of ketones is 1. The number of Topliss-reactive ketones (excluding diaryl/α,β-unsaturated/α-hetero) is 1. The third-order valence-electron chi connectivity index (χ3n) is 9.53. The van der Waals surface area contributed by atoms with Gasteiger partial charge in [-0.2, -0.15) is 0 Å². The van der Waals surface area contributed by atoms with E-state index in [4.69, 9.17) is 18.9 Å². The number of fused-ring (bicyclic) bond motifs is 3. The number of carbonyl (C=O) groups excluding carboxylic acids is 5. The van der Waals surface area contributed by atoms with Gasteiger partial charge in [-0.1, -0.05) is 27.4 Å². The SMILES string of the molecule is C=C1C2CC(OC(C)=O)C3C4(C)CCC(OC(C)=O)C(C)(C)C4C(=O)C(OC(C)=O)C3(C2)C1OC(C)=O. The molecule has 2 bridgehead atoms. The van der Waals surface area contributed by atoms with Crippen LogP contribution in [-0.4, -0.2) is 54.1 Å². The Morgan fingerprint density at radius 1 is 0.838 bits per heavy atom. The van der Waals surface area contributed by atoms with Crippen LogP contribution in [0.1, 0.15) is 74.1 Å². The fourth-order valence-electron chi connectivity index (χ4n) is 8.82. The first-order valence-electron chi connectivity index (χ1n) is 13.0. The Morgan fingerprint density at radius 2 is 1.38 bits per heavy atom. The lowest BCUT2D eigenvalue weighted by Crippen LogP contribution is -2.73. The average molecular weight is 519 g/mol. The van der Waals surface area contributed by atoms with Crippen LogP contribution in [0.3, 0.4) is 0 Å². The summed E-state index contributed by atoms with van der Waals surface area (Å²) in [6.07, 6.45) is -1.34. The Labute approximate surface area is 217 Å². The van der Waals surface area contributed by atoms with Gasteiger partial charge in [-0.25, -0.2) is 0 Å². The minimum Gasteiger partial charge on any atom is -0.462 e. The molecule has 0 aromatic carbocycles. The van der Waals surface area contributed by atoms with E-state index in [9.17, 15) is 24.0 Å². The summed E-state index contributed by atoms with van der Waals surface area (Å²) in [5.74, 6) is -3.68. The summed E-state index contributed by atoms with van der Waals surface area (Å²) in [5.41, 5.74) is -2.03. The highest BCUT2D eigenvalue weighted by molar-refractivity contribution is 5.91. The minimum atomic E-state index is -1.24. The third-order valence-corrected chi connectivity index (χ3v) is 9.53. The second kappa shape index (κ2) is 8.95. The van der Waals surface area contributed by atoms with Gasteiger partial charge in [0.2, 0.25) is 0 Å². The zero-order valence-electron chi connectivity index (χ0n) is 22.8. The highest BCUT2D eigenvalue weighted by Crippen LogP contribution is 2.72. The third kappa shape index (κ3) is 4.00. The first-order valence-corrected chi connectivity index (χ1v) is 13.0. The molecule has 4 rings (SSSR count). The molecule has 0 amide bonds. The maximum Gasteiger partial charge on any atom is 0.303 e. The van der Waals surface area contributed by atoms with Crippen molar-refractivity contribution in [3.05, 3.63) is 12.2 Å². The second-order valence-electron chi connectivity index (χ2n) is 12.2. The quantitative estimate of drug-likeness (QED) is 0.313. The van der Waals surface area contributed by atoms with Crippen LogP contribution in [0.5, 0.6) is 0 Å². The molecule has 0 aliphatic heterocycles. The zero-order valence-corrected chi connectivity index (χ0v) is 22.8. The highest BCUT2D eigenvalue weighted by atomic mass is 16.6. The summed E-state index contributed by atoms with van der Waals surface area (Å²) < 4.78 is 23.3. The van der Waals surface area contributed by atoms with Crippen molar-refractivity contribution in [2.24, 2.45) is 34.0 Å². The molecule has 0 aromatic rings. The number of hydrogen-bond donors (Lipinski definition) is 0. The fraction of sp³-hybridized carbons (Fsp3) is 0.750. The summed E-state index contributed by atoms with van der Waals surface area (Å²) in [4.78, 5) is 63.5. The monoisotopic (exact) mass is 518 g/mol. The molecule has 1 spiro atoms. The van der Waals surface area contributed by atoms with E-state index in [0.717, 1.165) is 0 Å². The molecule has 9 nitrogen and oxygen atoms in total. The smallest absolute Gasteiger partial charge is 0.303 e. The van der Waals surface area contributed by atoms with Gasteiger partial charge in [0, 0.05) is 44.9 Å². The van der Waals surface area contributed by atoms with Gasteiger partial charge < -0.3 is 18.9 Å². The van der Waals surface area contributed by atoms with Crippen molar-refractivity contribution in [1.29, 1.82) is 0 Å². The van der Waals surface area contributed by atoms with Gasteiger partial charge in [0.25, 0.3) is 0 Å². The van der Waals surface area contributed by atoms with Gasteiger partial charge in [0.1, 0.15) is 18.3 Å². The van der Waals surface area contributed by atoms with Crippen LogP contribution in [0.4, 0.5) is 0 Å². The van der Waals surface area contributed by atoms with Crippen LogP contribution in [0, 0.1) is 34.0 Å². The summed E-state index contributed by atoms with van der Waals surface area (Å²) in [6.45, 7) is 15.3. The van der Waals surface area contributed by atoms with E-state index in [1.54, 1.807) is 0 Å². The molecule has 0 N–H and O–H groups in total. The average Bonchev–Trinajstić information content (AvgIpc) is 2.94. The molecule has 0 radical (unpaired) electrons. The lowest BCUT2D eigenvalue weighted by atomic mass is 9.38. The predicted octanol–water partition coefficient (Wildman–Crippen LogP) is 3.32. The van der Waals surface area contributed by atoms with E-state index in [1.165, 1.54) is 27.7 Å². The molecule has 0 aromatic heterocycles. The minimum absolute atomic E-state index is 0.179. The summed E-state index contributed by atoms with van der Waals surface area (Å²) >= 11 is 0. The van der Waals surface area contributed by atoms with Gasteiger partial charge in [-0.05, 0) is 42.6 Å². The predicted molar refractivity (Wildman–Crippen MR) is 130 cm³/mol. The maximum atomic E-state index is 14.6. The summed E-state index contributed by atoms with van der Waals surface area (Å²) in [7, 11) is 0. The van der Waals surface area contributed by atoms with Gasteiger partial charge in [0.15, 0.2) is 11.9 Å². The molecular weight excluding hydrogens is 480 g/mol. The largest absolute Gasteiger partial charge is 0.462 e. The molecule has 4 fully saturated rings. The van der Waals surface area contributed by atoms with E-state index in [-0.39, 0.29) is 11.7 Å². The highest BCUT2D eigenvalue weighted by Gasteiger charge is 2.78. The van der Waals surface area contributed by atoms with E-state index in [1.807, 2.05) is 20.8 Å². The van der Waals surface area contributed by atoms with Crippen LogP contribution in [0.25, 0.3) is 0 Å². The second-order valence-corrected chi connectivity index (χ2v) is 12.2. The first-order chi connectivity index (χ1) is 17.1. The summed E-state index contributed by atoms with van der Waals surface area (Å²) in [6, 6.07) is 0. The molecule has 37 heavy (non-hydrogen) atoms. The molecular formula is C28H38O9. The van der Waals surface area contributed by atoms with Crippen molar-refractivity contribution in [3.8, 4) is 0 Å². The zero-order chi connectivity index (χ0) is 27.7. The Morgan fingerprint density at radius 3 is 1.92 bits per heavy atom. The Hall–Kier alpha value is -2.71. The number of rotatable bonds is 4. The van der Waals surface area contributed by atoms with Crippen LogP contribution < -0.4 is 0 Å². The molecule has 4 aliphatic carbocycles. The number of carbonyl (C=O) groups is 5. The Kier molecular flexibility index (Phi) is 6.61. The van der Waals surface area contributed by atoms with Crippen molar-refractivity contribution in [1.82, 2.24) is 0 Å². The molecule has 9 unspecified atom stereocenters. The molecule has 9 atom stereocenters. The molecule has 4 saturated carbocycles. The van der Waals surface area contributed by atoms with E-state index >= 15 is 0 Å². The topological polar surface area (TPSA) is 122 Å². The van der Waals surface area contributed by atoms with Gasteiger partial charge in [0.05, 0.1) is 5.41 Å². The molecule has 0 saturated heterocycles. The van der Waals surface area contributed by atoms with Gasteiger partial charge >= 0.3 is 23.9 Å². The van der Waals surface area contributed by atoms with Crippen molar-refractivity contribution >= 4 is 29.7 Å². The van der Waals surface area contributed by atoms with Crippen LogP contribution in [-0.2, 0) is 42.9 Å². The standard InChI is InChI=1S/C28H38O9/c1-13-18-11-19(34-14(2)29)22-27(8)10-9-20(35-15(3)30)26(6,7)23(27)21(33)25(37-17(5)32)28(22,12-18)24(13)36-16(4)31/h18-20,22-25H,1,9-12H2,2-8H3.